The molecular weight excluding hydrogens is 231 g/mol. The monoisotopic (exact) mass is 252 g/mol. The Labute approximate surface area is 74.4 Å². The third-order valence-electron chi connectivity index (χ3n) is 1.86. The molecule has 1 N–H and O–H groups in total. The van der Waals surface area contributed by atoms with Gasteiger partial charge in [0.05, 0.1) is 0 Å². The molecule has 0 aromatic rings. The van der Waals surface area contributed by atoms with Crippen LogP contribution in [0.4, 0.5) is 0 Å². The molecular formula is C8H20OSn. The molecule has 0 saturated heterocycles. The maximum atomic E-state index is 9.21. The fraction of sp³-hybridized carbons (Fsp3) is 1.00. The van der Waals surface area contributed by atoms with Crippen LogP contribution in [0, 0.1) is 0 Å². The number of rotatable bonds is 6. The van der Waals surface area contributed by atoms with Crippen LogP contribution in [0.15, 0.2) is 0 Å². The van der Waals surface area contributed by atoms with Crippen LogP contribution in [0.1, 0.15) is 33.1 Å². The van der Waals surface area contributed by atoms with Crippen molar-refractivity contribution >= 4 is 21.1 Å². The fourth-order valence-corrected chi connectivity index (χ4v) is 6.78. The van der Waals surface area contributed by atoms with E-state index < -0.39 is 21.1 Å². The molecule has 1 nitrogen and oxygen atoms in total. The molecule has 10 heavy (non-hydrogen) atoms. The molecule has 0 amide bonds. The molecule has 0 heterocycles. The van der Waals surface area contributed by atoms with Crippen LogP contribution in [0.2, 0.25) is 8.87 Å². The minimum atomic E-state index is -0.474. The molecule has 0 aromatic heterocycles. The van der Waals surface area contributed by atoms with Crippen molar-refractivity contribution in [3.63, 3.8) is 0 Å². The van der Waals surface area contributed by atoms with Gasteiger partial charge in [-0.05, 0) is 0 Å². The van der Waals surface area contributed by atoms with Gasteiger partial charge in [0.1, 0.15) is 0 Å². The first-order valence-electron chi connectivity index (χ1n) is 4.49. The minimum absolute atomic E-state index is 0.0488. The molecule has 0 fully saturated rings. The van der Waals surface area contributed by atoms with E-state index in [-0.39, 0.29) is 6.10 Å². The van der Waals surface area contributed by atoms with Gasteiger partial charge in [-0.3, -0.25) is 0 Å². The van der Waals surface area contributed by atoms with Crippen LogP contribution in [-0.4, -0.2) is 32.4 Å². The van der Waals surface area contributed by atoms with E-state index in [9.17, 15) is 5.11 Å². The average molecular weight is 251 g/mol. The Morgan fingerprint density at radius 3 is 2.60 bits per heavy atom. The summed E-state index contributed by atoms with van der Waals surface area (Å²) in [6.45, 7) is 4.30. The summed E-state index contributed by atoms with van der Waals surface area (Å²) in [4.78, 5) is 0. The third-order valence-corrected chi connectivity index (χ3v) is 7.78. The van der Waals surface area contributed by atoms with Crippen LogP contribution in [0.3, 0.4) is 0 Å². The summed E-state index contributed by atoms with van der Waals surface area (Å²) in [6.07, 6.45) is 3.75. The molecule has 1 atom stereocenters. The number of unbranched alkanes of at least 4 members (excludes halogenated alkanes) is 1. The summed E-state index contributed by atoms with van der Waals surface area (Å²) in [6, 6.07) is 0. The summed E-state index contributed by atoms with van der Waals surface area (Å²) in [5.74, 6) is 0. The normalized spacial score (nSPS) is 14.7. The van der Waals surface area contributed by atoms with Crippen molar-refractivity contribution in [3.05, 3.63) is 0 Å². The predicted octanol–water partition coefficient (Wildman–Crippen LogP) is 1.56. The zero-order valence-electron chi connectivity index (χ0n) is 7.27. The molecule has 0 rings (SSSR count). The van der Waals surface area contributed by atoms with E-state index in [1.165, 1.54) is 21.7 Å². The fourth-order valence-electron chi connectivity index (χ4n) is 1.01. The van der Waals surface area contributed by atoms with E-state index in [2.05, 4.69) is 13.8 Å². The van der Waals surface area contributed by atoms with Gasteiger partial charge in [-0.25, -0.2) is 0 Å². The molecule has 0 aromatic carbocycles. The van der Waals surface area contributed by atoms with Crippen LogP contribution in [0.25, 0.3) is 0 Å². The Kier molecular flexibility index (Phi) is 8.46. The average Bonchev–Trinajstić information content (AvgIpc) is 1.98. The second kappa shape index (κ2) is 7.86. The van der Waals surface area contributed by atoms with Crippen LogP contribution in [-0.2, 0) is 0 Å². The van der Waals surface area contributed by atoms with Crippen molar-refractivity contribution in [3.8, 4) is 0 Å². The topological polar surface area (TPSA) is 20.2 Å². The first kappa shape index (κ1) is 10.8. The number of aliphatic hydroxyl groups is 1. The van der Waals surface area contributed by atoms with Crippen LogP contribution >= 0.6 is 0 Å². The van der Waals surface area contributed by atoms with Gasteiger partial charge >= 0.3 is 74.3 Å². The second-order valence-electron chi connectivity index (χ2n) is 2.91. The van der Waals surface area contributed by atoms with E-state index >= 15 is 0 Å². The molecule has 62 valence electrons. The van der Waals surface area contributed by atoms with Crippen LogP contribution < -0.4 is 0 Å². The van der Waals surface area contributed by atoms with Crippen LogP contribution in [0.5, 0.6) is 0 Å². The van der Waals surface area contributed by atoms with E-state index in [1.54, 1.807) is 0 Å². The zero-order valence-corrected chi connectivity index (χ0v) is 11.3. The maximum absolute atomic E-state index is 9.21. The van der Waals surface area contributed by atoms with Gasteiger partial charge in [0.25, 0.3) is 0 Å². The second-order valence-corrected chi connectivity index (χ2v) is 8.60. The molecule has 0 bridgehead atoms. The third kappa shape index (κ3) is 6.87. The Hall–Kier alpha value is 0.759. The predicted molar refractivity (Wildman–Crippen MR) is 49.4 cm³/mol. The van der Waals surface area contributed by atoms with Crippen molar-refractivity contribution in [1.29, 1.82) is 0 Å². The van der Waals surface area contributed by atoms with E-state index in [4.69, 9.17) is 0 Å². The Morgan fingerprint density at radius 1 is 1.40 bits per heavy atom. The van der Waals surface area contributed by atoms with Crippen molar-refractivity contribution in [1.82, 2.24) is 0 Å². The molecule has 0 aliphatic heterocycles. The summed E-state index contributed by atoms with van der Waals surface area (Å²) in [5, 5.41) is 9.21. The molecule has 1 unspecified atom stereocenters. The van der Waals surface area contributed by atoms with Gasteiger partial charge < -0.3 is 0 Å². The molecule has 0 aliphatic carbocycles. The zero-order chi connectivity index (χ0) is 7.82. The summed E-state index contributed by atoms with van der Waals surface area (Å²) < 4.78 is 2.70. The molecule has 2 heteroatoms. The first-order chi connectivity index (χ1) is 4.81. The molecule has 0 radical (unpaired) electrons. The molecule has 0 aliphatic rings. The van der Waals surface area contributed by atoms with E-state index in [0.717, 1.165) is 6.42 Å². The van der Waals surface area contributed by atoms with Crippen molar-refractivity contribution in [2.75, 3.05) is 0 Å². The number of hydrogen-bond donors (Lipinski definition) is 1. The summed E-state index contributed by atoms with van der Waals surface area (Å²) >= 11 is -0.474. The van der Waals surface area contributed by atoms with Gasteiger partial charge in [-0.2, -0.15) is 0 Å². The van der Waals surface area contributed by atoms with Gasteiger partial charge in [0.15, 0.2) is 0 Å². The Bertz CT molecular complexity index is 66.3. The van der Waals surface area contributed by atoms with Crippen molar-refractivity contribution in [2.45, 2.75) is 48.1 Å². The Morgan fingerprint density at radius 2 is 2.10 bits per heavy atom. The summed E-state index contributed by atoms with van der Waals surface area (Å²) in [7, 11) is 0. The van der Waals surface area contributed by atoms with E-state index in [1.807, 2.05) is 0 Å². The SMILES string of the molecule is CCC[CH2][SnH2][CH2]C(O)CC. The number of hydrogen-bond acceptors (Lipinski definition) is 1. The first-order valence-corrected chi connectivity index (χ1v) is 10.2. The molecule has 0 saturated carbocycles. The van der Waals surface area contributed by atoms with Gasteiger partial charge in [0.2, 0.25) is 0 Å². The molecule has 0 spiro atoms. The summed E-state index contributed by atoms with van der Waals surface area (Å²) in [5.41, 5.74) is 0. The van der Waals surface area contributed by atoms with Gasteiger partial charge in [-0.15, -0.1) is 0 Å². The van der Waals surface area contributed by atoms with Gasteiger partial charge in [0, 0.05) is 0 Å². The standard InChI is InChI=1S/C4H9O.C4H9.Sn.2H/c1-3-4(2)5;1-3-4-2;;;/h4-5H,2-3H2,1H3;1,3-4H2,2H3;;;. The van der Waals surface area contributed by atoms with Crippen molar-refractivity contribution < 1.29 is 5.11 Å². The van der Waals surface area contributed by atoms with Crippen molar-refractivity contribution in [2.24, 2.45) is 0 Å². The quantitative estimate of drug-likeness (QED) is 0.561. The van der Waals surface area contributed by atoms with Gasteiger partial charge in [-0.1, -0.05) is 0 Å². The Balaban J connectivity index is 2.89. The number of aliphatic hydroxyl groups excluding tert-OH is 1. The van der Waals surface area contributed by atoms with E-state index in [0.29, 0.717) is 0 Å².